The summed E-state index contributed by atoms with van der Waals surface area (Å²) in [5.41, 5.74) is 1.42. The Hall–Kier alpha value is -0.925. The van der Waals surface area contributed by atoms with Gasteiger partial charge in [-0.25, -0.2) is 0 Å². The molecule has 0 saturated carbocycles. The fourth-order valence-corrected chi connectivity index (χ4v) is 1.31. The van der Waals surface area contributed by atoms with E-state index in [0.717, 1.165) is 5.56 Å². The molecule has 14 heavy (non-hydrogen) atoms. The molecule has 4 heteroatoms. The Bertz CT molecular complexity index is 287. The molecule has 0 aliphatic heterocycles. The van der Waals surface area contributed by atoms with Gasteiger partial charge in [-0.2, -0.15) is 0 Å². The summed E-state index contributed by atoms with van der Waals surface area (Å²) in [7, 11) is 0. The summed E-state index contributed by atoms with van der Waals surface area (Å²) in [5, 5.41) is 0. The SMILES string of the molecule is CC(C)c1ccc(C[B-](F)(F)F)cc1. The first-order valence-electron chi connectivity index (χ1n) is 4.68. The van der Waals surface area contributed by atoms with E-state index >= 15 is 0 Å². The van der Waals surface area contributed by atoms with Gasteiger partial charge in [0.25, 0.3) is 0 Å². The molecule has 1 aromatic rings. The number of benzene rings is 1. The van der Waals surface area contributed by atoms with Crippen molar-refractivity contribution in [2.75, 3.05) is 0 Å². The van der Waals surface area contributed by atoms with E-state index in [2.05, 4.69) is 0 Å². The Morgan fingerprint density at radius 1 is 1.07 bits per heavy atom. The summed E-state index contributed by atoms with van der Waals surface area (Å²) >= 11 is 0. The van der Waals surface area contributed by atoms with Crippen LogP contribution in [0.1, 0.15) is 30.9 Å². The lowest BCUT2D eigenvalue weighted by molar-refractivity contribution is 0.468. The Labute approximate surface area is 82.2 Å². The number of rotatable bonds is 3. The van der Waals surface area contributed by atoms with Gasteiger partial charge < -0.3 is 12.9 Å². The predicted octanol–water partition coefficient (Wildman–Crippen LogP) is 3.74. The van der Waals surface area contributed by atoms with Crippen molar-refractivity contribution < 1.29 is 12.9 Å². The van der Waals surface area contributed by atoms with Crippen molar-refractivity contribution in [3.05, 3.63) is 35.4 Å². The molecule has 0 spiro atoms. The third-order valence-corrected chi connectivity index (χ3v) is 2.11. The highest BCUT2D eigenvalue weighted by atomic mass is 19.4. The van der Waals surface area contributed by atoms with E-state index in [1.54, 1.807) is 24.3 Å². The van der Waals surface area contributed by atoms with Gasteiger partial charge in [0.15, 0.2) is 0 Å². The van der Waals surface area contributed by atoms with Crippen LogP contribution in [0.25, 0.3) is 0 Å². The molecule has 0 heterocycles. The van der Waals surface area contributed by atoms with Crippen LogP contribution in [-0.2, 0) is 6.32 Å². The van der Waals surface area contributed by atoms with Crippen molar-refractivity contribution in [1.82, 2.24) is 0 Å². The van der Waals surface area contributed by atoms with Crippen LogP contribution in [0.4, 0.5) is 12.9 Å². The molecule has 0 fully saturated rings. The summed E-state index contributed by atoms with van der Waals surface area (Å²) < 4.78 is 36.2. The third kappa shape index (κ3) is 3.44. The molecule has 0 radical (unpaired) electrons. The molecular weight excluding hydrogens is 188 g/mol. The maximum atomic E-state index is 12.1. The normalized spacial score (nSPS) is 12.1. The number of hydrogen-bond donors (Lipinski definition) is 0. The van der Waals surface area contributed by atoms with Crippen LogP contribution in [0.5, 0.6) is 0 Å². The topological polar surface area (TPSA) is 0 Å². The number of hydrogen-bond acceptors (Lipinski definition) is 0. The number of halogens is 3. The second-order valence-corrected chi connectivity index (χ2v) is 3.81. The van der Waals surface area contributed by atoms with Gasteiger partial charge in [-0.3, -0.25) is 0 Å². The van der Waals surface area contributed by atoms with Crippen LogP contribution in [-0.4, -0.2) is 6.98 Å². The minimum atomic E-state index is -4.71. The van der Waals surface area contributed by atoms with Crippen LogP contribution >= 0.6 is 0 Å². The second kappa shape index (κ2) is 4.07. The van der Waals surface area contributed by atoms with Gasteiger partial charge in [0, 0.05) is 0 Å². The molecule has 78 valence electrons. The van der Waals surface area contributed by atoms with Crippen LogP contribution in [0, 0.1) is 0 Å². The zero-order valence-corrected chi connectivity index (χ0v) is 8.31. The van der Waals surface area contributed by atoms with Crippen LogP contribution in [0.15, 0.2) is 24.3 Å². The molecule has 0 nitrogen and oxygen atoms in total. The fraction of sp³-hybridized carbons (Fsp3) is 0.400. The van der Waals surface area contributed by atoms with Crippen molar-refractivity contribution in [3.63, 3.8) is 0 Å². The lowest BCUT2D eigenvalue weighted by Crippen LogP contribution is -2.19. The average Bonchev–Trinajstić information content (AvgIpc) is 2.02. The van der Waals surface area contributed by atoms with Crippen LogP contribution < -0.4 is 0 Å². The first kappa shape index (κ1) is 11.2. The van der Waals surface area contributed by atoms with E-state index in [9.17, 15) is 12.9 Å². The maximum Gasteiger partial charge on any atom is 0.482 e. The zero-order chi connectivity index (χ0) is 10.8. The lowest BCUT2D eigenvalue weighted by Gasteiger charge is -2.14. The van der Waals surface area contributed by atoms with Crippen molar-refractivity contribution in [1.29, 1.82) is 0 Å². The van der Waals surface area contributed by atoms with Gasteiger partial charge in [0.05, 0.1) is 0 Å². The van der Waals surface area contributed by atoms with Crippen LogP contribution in [0.3, 0.4) is 0 Å². The Morgan fingerprint density at radius 3 is 1.93 bits per heavy atom. The van der Waals surface area contributed by atoms with Gasteiger partial charge in [-0.05, 0) is 11.5 Å². The molecule has 0 amide bonds. The summed E-state index contributed by atoms with van der Waals surface area (Å²) in [6, 6.07) is 6.65. The summed E-state index contributed by atoms with van der Waals surface area (Å²) in [5.74, 6) is 0.362. The average molecular weight is 201 g/mol. The largest absolute Gasteiger partial charge is 0.482 e. The van der Waals surface area contributed by atoms with Gasteiger partial charge in [-0.15, -0.1) is 0 Å². The van der Waals surface area contributed by atoms with Crippen molar-refractivity contribution >= 4 is 6.98 Å². The molecule has 0 saturated heterocycles. The third-order valence-electron chi connectivity index (χ3n) is 2.11. The molecule has 0 bridgehead atoms. The molecule has 0 unspecified atom stereocenters. The zero-order valence-electron chi connectivity index (χ0n) is 8.31. The molecule has 1 rings (SSSR count). The maximum absolute atomic E-state index is 12.1. The van der Waals surface area contributed by atoms with Gasteiger partial charge in [0.2, 0.25) is 0 Å². The first-order chi connectivity index (χ1) is 6.38. The Kier molecular flexibility index (Phi) is 3.24. The molecule has 1 aromatic carbocycles. The Morgan fingerprint density at radius 2 is 1.57 bits per heavy atom. The highest BCUT2D eigenvalue weighted by molar-refractivity contribution is 6.57. The van der Waals surface area contributed by atoms with E-state index in [0.29, 0.717) is 11.5 Å². The first-order valence-corrected chi connectivity index (χ1v) is 4.68. The van der Waals surface area contributed by atoms with Gasteiger partial charge >= 0.3 is 6.98 Å². The predicted molar refractivity (Wildman–Crippen MR) is 53.3 cm³/mol. The summed E-state index contributed by atoms with van der Waals surface area (Å²) in [6.45, 7) is -0.678. The minimum Gasteiger partial charge on any atom is -0.449 e. The quantitative estimate of drug-likeness (QED) is 0.653. The lowest BCUT2D eigenvalue weighted by atomic mass is 9.81. The highest BCUT2D eigenvalue weighted by Gasteiger charge is 2.22. The van der Waals surface area contributed by atoms with Crippen molar-refractivity contribution in [2.24, 2.45) is 0 Å². The fourth-order valence-electron chi connectivity index (χ4n) is 1.31. The smallest absolute Gasteiger partial charge is 0.449 e. The van der Waals surface area contributed by atoms with Crippen molar-refractivity contribution in [3.8, 4) is 0 Å². The van der Waals surface area contributed by atoms with Crippen LogP contribution in [0.2, 0.25) is 0 Å². The monoisotopic (exact) mass is 201 g/mol. The second-order valence-electron chi connectivity index (χ2n) is 3.81. The van der Waals surface area contributed by atoms with Gasteiger partial charge in [0.1, 0.15) is 0 Å². The van der Waals surface area contributed by atoms with E-state index < -0.39 is 13.3 Å². The molecule has 0 aromatic heterocycles. The van der Waals surface area contributed by atoms with E-state index in [-0.39, 0.29) is 0 Å². The molecular formula is C10H13BF3-. The molecule has 0 N–H and O–H groups in total. The molecule has 0 aliphatic carbocycles. The Balaban J connectivity index is 2.74. The van der Waals surface area contributed by atoms with E-state index in [1.165, 1.54) is 0 Å². The highest BCUT2D eigenvalue weighted by Crippen LogP contribution is 2.19. The molecule has 0 aliphatic rings. The standard InChI is InChI=1S/C10H13BF3/c1-8(2)10-5-3-9(4-6-10)7-11(12,13)14/h3-6,8H,7H2,1-2H3/q-1. The summed E-state index contributed by atoms with van der Waals surface area (Å²) in [6.07, 6.45) is -0.779. The minimum absolute atomic E-state index is 0.349. The van der Waals surface area contributed by atoms with Crippen molar-refractivity contribution in [2.45, 2.75) is 26.1 Å². The van der Waals surface area contributed by atoms with E-state index in [4.69, 9.17) is 0 Å². The molecule has 0 atom stereocenters. The summed E-state index contributed by atoms with van der Waals surface area (Å²) in [4.78, 5) is 0. The van der Waals surface area contributed by atoms with E-state index in [1.807, 2.05) is 13.8 Å². The van der Waals surface area contributed by atoms with Gasteiger partial charge in [-0.1, -0.05) is 50.0 Å².